The largest absolute Gasteiger partial charge is 0.379 e. The number of Topliss-reactive ketones (excluding diaryl/α,β-unsaturated/α-hetero) is 1. The Morgan fingerprint density at radius 1 is 0.979 bits per heavy atom. The van der Waals surface area contributed by atoms with Gasteiger partial charge in [-0.2, -0.15) is 0 Å². The van der Waals surface area contributed by atoms with Crippen molar-refractivity contribution in [1.29, 1.82) is 0 Å². The normalized spacial score (nSPS) is 19.8. The van der Waals surface area contributed by atoms with Gasteiger partial charge in [-0.3, -0.25) is 24.1 Å². The van der Waals surface area contributed by atoms with E-state index in [4.69, 9.17) is 14.0 Å². The zero-order chi connectivity index (χ0) is 33.4. The molecule has 252 valence electrons. The third-order valence-electron chi connectivity index (χ3n) is 8.15. The number of ketones is 1. The van der Waals surface area contributed by atoms with Crippen LogP contribution in [0.3, 0.4) is 0 Å². The van der Waals surface area contributed by atoms with Gasteiger partial charge in [0.15, 0.2) is 17.2 Å². The summed E-state index contributed by atoms with van der Waals surface area (Å²) < 4.78 is 16.2. The molecule has 0 spiro atoms. The third-order valence-corrected chi connectivity index (χ3v) is 8.78. The van der Waals surface area contributed by atoms with Crippen LogP contribution in [0.2, 0.25) is 0 Å². The highest BCUT2D eigenvalue weighted by atomic mass is 32.1. The molecule has 0 aliphatic carbocycles. The molecule has 5 rings (SSSR count). The molecule has 2 aliphatic heterocycles. The Morgan fingerprint density at radius 2 is 1.66 bits per heavy atom. The van der Waals surface area contributed by atoms with Crippen molar-refractivity contribution in [3.8, 4) is 0 Å². The minimum absolute atomic E-state index is 0.0359. The van der Waals surface area contributed by atoms with Crippen LogP contribution in [0, 0.1) is 5.92 Å². The number of hydrogen-bond acceptors (Lipinski definition) is 11. The number of ether oxygens (including phenoxy) is 2. The molecular formula is C33H42N6O7S. The number of rotatable bonds is 16. The fourth-order valence-corrected chi connectivity index (χ4v) is 5.96. The van der Waals surface area contributed by atoms with Gasteiger partial charge in [0.2, 0.25) is 11.8 Å². The average Bonchev–Trinajstić information content (AvgIpc) is 3.39. The summed E-state index contributed by atoms with van der Waals surface area (Å²) in [6, 6.07) is 7.92. The van der Waals surface area contributed by atoms with E-state index in [0.29, 0.717) is 44.2 Å². The van der Waals surface area contributed by atoms with Crippen LogP contribution < -0.4 is 16.0 Å². The molecule has 0 saturated carbocycles. The molecular weight excluding hydrogens is 624 g/mol. The van der Waals surface area contributed by atoms with Gasteiger partial charge < -0.3 is 29.9 Å². The van der Waals surface area contributed by atoms with Crippen LogP contribution in [0.15, 0.2) is 51.8 Å². The Hall–Kier alpha value is -3.98. The number of aromatic nitrogens is 2. The number of epoxide rings is 1. The number of morpholine rings is 1. The first-order valence-corrected chi connectivity index (χ1v) is 16.8. The maximum atomic E-state index is 13.9. The molecule has 2 aromatic heterocycles. The van der Waals surface area contributed by atoms with Crippen molar-refractivity contribution < 1.29 is 33.2 Å². The number of carbonyl (C=O) groups excluding carboxylic acids is 4. The van der Waals surface area contributed by atoms with Crippen molar-refractivity contribution in [1.82, 2.24) is 31.0 Å². The lowest BCUT2D eigenvalue weighted by Crippen LogP contribution is -2.57. The first kappa shape index (κ1) is 34.4. The van der Waals surface area contributed by atoms with Gasteiger partial charge in [-0.15, -0.1) is 11.3 Å². The van der Waals surface area contributed by atoms with Crippen LogP contribution in [0.4, 0.5) is 0 Å². The highest BCUT2D eigenvalue weighted by Gasteiger charge is 2.50. The molecule has 4 atom stereocenters. The summed E-state index contributed by atoms with van der Waals surface area (Å²) in [5.74, 6) is -1.23. The Bertz CT molecular complexity index is 1500. The second-order valence-electron chi connectivity index (χ2n) is 12.6. The van der Waals surface area contributed by atoms with E-state index in [1.807, 2.05) is 44.2 Å². The highest BCUT2D eigenvalue weighted by molar-refractivity contribution is 7.07. The lowest BCUT2D eigenvalue weighted by molar-refractivity contribution is -0.133. The summed E-state index contributed by atoms with van der Waals surface area (Å²) in [6.07, 6.45) is 0.674. The molecule has 1 aromatic carbocycles. The van der Waals surface area contributed by atoms with E-state index in [0.717, 1.165) is 18.7 Å². The SMILES string of the molecule is CC(C)C[C@H](NC(=O)[C@H](Cc1ccccc1)NC(=O)[C@H](Cc1cscn1)NC(=O)c1cc(CN2CCOCC2)on1)C(=O)[C@]1(C)CO1. The second-order valence-corrected chi connectivity index (χ2v) is 13.3. The van der Waals surface area contributed by atoms with E-state index in [1.165, 1.54) is 11.3 Å². The molecule has 3 amide bonds. The van der Waals surface area contributed by atoms with Crippen molar-refractivity contribution in [2.24, 2.45) is 5.92 Å². The summed E-state index contributed by atoms with van der Waals surface area (Å²) >= 11 is 1.37. The summed E-state index contributed by atoms with van der Waals surface area (Å²) in [5, 5.41) is 14.2. The Morgan fingerprint density at radius 3 is 2.30 bits per heavy atom. The zero-order valence-electron chi connectivity index (χ0n) is 26.9. The summed E-state index contributed by atoms with van der Waals surface area (Å²) in [7, 11) is 0. The van der Waals surface area contributed by atoms with E-state index in [2.05, 4.69) is 31.0 Å². The topological polar surface area (TPSA) is 168 Å². The first-order chi connectivity index (χ1) is 22.6. The number of carbonyl (C=O) groups is 4. The van der Waals surface area contributed by atoms with Crippen LogP contribution in [0.25, 0.3) is 0 Å². The van der Waals surface area contributed by atoms with Crippen LogP contribution in [0.5, 0.6) is 0 Å². The molecule has 13 nitrogen and oxygen atoms in total. The number of nitrogens with zero attached hydrogens (tertiary/aromatic N) is 3. The van der Waals surface area contributed by atoms with Crippen LogP contribution >= 0.6 is 11.3 Å². The predicted molar refractivity (Wildman–Crippen MR) is 172 cm³/mol. The zero-order valence-corrected chi connectivity index (χ0v) is 27.7. The van der Waals surface area contributed by atoms with Crippen LogP contribution in [0.1, 0.15) is 54.7 Å². The summed E-state index contributed by atoms with van der Waals surface area (Å²) in [5.41, 5.74) is 2.18. The maximum Gasteiger partial charge on any atom is 0.274 e. The Kier molecular flexibility index (Phi) is 11.5. The lowest BCUT2D eigenvalue weighted by atomic mass is 9.93. The van der Waals surface area contributed by atoms with E-state index in [9.17, 15) is 19.2 Å². The van der Waals surface area contributed by atoms with Gasteiger partial charge >= 0.3 is 0 Å². The van der Waals surface area contributed by atoms with Gasteiger partial charge in [0.05, 0.1) is 43.6 Å². The highest BCUT2D eigenvalue weighted by Crippen LogP contribution is 2.29. The van der Waals surface area contributed by atoms with E-state index < -0.39 is 41.4 Å². The van der Waals surface area contributed by atoms with E-state index >= 15 is 0 Å². The van der Waals surface area contributed by atoms with E-state index in [-0.39, 0.29) is 30.2 Å². The van der Waals surface area contributed by atoms with Gasteiger partial charge in [-0.1, -0.05) is 49.3 Å². The smallest absolute Gasteiger partial charge is 0.274 e. The fraction of sp³-hybridized carbons (Fsp3) is 0.515. The molecule has 14 heteroatoms. The van der Waals surface area contributed by atoms with Crippen molar-refractivity contribution in [2.45, 2.75) is 70.3 Å². The number of nitrogens with one attached hydrogen (secondary N) is 3. The standard InChI is InChI=1S/C33H42N6O7S/c1-21(2)13-25(29(40)33(3)19-45-33)35-30(41)26(14-22-7-5-4-6-8-22)36-31(42)27(15-23-18-47-20-34-23)37-32(43)28-16-24(46-38-28)17-39-9-11-44-12-10-39/h4-8,16,18,20-21,25-27H,9-15,17,19H2,1-3H3,(H,35,41)(H,36,42)(H,37,43)/t25-,26-,27-,33-/m0/s1. The molecule has 0 radical (unpaired) electrons. The van der Waals surface area contributed by atoms with E-state index in [1.54, 1.807) is 23.9 Å². The number of thiazole rings is 1. The van der Waals surface area contributed by atoms with Gasteiger partial charge in [-0.05, 0) is 24.8 Å². The molecule has 4 heterocycles. The molecule has 2 fully saturated rings. The van der Waals surface area contributed by atoms with Crippen molar-refractivity contribution in [3.63, 3.8) is 0 Å². The molecule has 3 N–H and O–H groups in total. The molecule has 2 aliphatic rings. The minimum Gasteiger partial charge on any atom is -0.379 e. The monoisotopic (exact) mass is 666 g/mol. The van der Waals surface area contributed by atoms with Crippen LogP contribution in [-0.2, 0) is 43.2 Å². The first-order valence-electron chi connectivity index (χ1n) is 15.9. The Balaban J connectivity index is 1.32. The molecule has 0 unspecified atom stereocenters. The lowest BCUT2D eigenvalue weighted by Gasteiger charge is -2.26. The quantitative estimate of drug-likeness (QED) is 0.192. The molecule has 47 heavy (non-hydrogen) atoms. The number of amides is 3. The third kappa shape index (κ3) is 9.76. The summed E-state index contributed by atoms with van der Waals surface area (Å²) in [4.78, 5) is 60.7. The van der Waals surface area contributed by atoms with Crippen LogP contribution in [-0.4, -0.2) is 95.2 Å². The maximum absolute atomic E-state index is 13.9. The van der Waals surface area contributed by atoms with Crippen molar-refractivity contribution in [2.75, 3.05) is 32.9 Å². The van der Waals surface area contributed by atoms with Gasteiger partial charge in [0.1, 0.15) is 17.7 Å². The molecule has 0 bridgehead atoms. The molecule has 3 aromatic rings. The second kappa shape index (κ2) is 15.7. The Labute approximate surface area is 277 Å². The van der Waals surface area contributed by atoms with Crippen molar-refractivity contribution >= 4 is 34.8 Å². The van der Waals surface area contributed by atoms with Gasteiger partial charge in [0.25, 0.3) is 5.91 Å². The predicted octanol–water partition coefficient (Wildman–Crippen LogP) is 1.92. The summed E-state index contributed by atoms with van der Waals surface area (Å²) in [6.45, 7) is 9.18. The van der Waals surface area contributed by atoms with Crippen molar-refractivity contribution in [3.05, 3.63) is 70.0 Å². The molecule has 2 saturated heterocycles. The fourth-order valence-electron chi connectivity index (χ4n) is 5.39. The van der Waals surface area contributed by atoms with Gasteiger partial charge in [0, 0.05) is 37.4 Å². The minimum atomic E-state index is -1.08. The number of benzene rings is 1. The average molecular weight is 667 g/mol. The number of hydrogen-bond donors (Lipinski definition) is 3. The van der Waals surface area contributed by atoms with Gasteiger partial charge in [-0.25, -0.2) is 4.98 Å².